The number of carbonyl (C=O) groups excluding carboxylic acids is 2. The first-order chi connectivity index (χ1) is 13.2. The minimum absolute atomic E-state index is 0.247. The first-order valence-corrected chi connectivity index (χ1v) is 8.49. The summed E-state index contributed by atoms with van der Waals surface area (Å²) >= 11 is 0. The van der Waals surface area contributed by atoms with E-state index in [0.717, 1.165) is 11.1 Å². The highest BCUT2D eigenvalue weighted by molar-refractivity contribution is 5.93. The van der Waals surface area contributed by atoms with Gasteiger partial charge < -0.3 is 14.8 Å². The minimum atomic E-state index is -0.603. The van der Waals surface area contributed by atoms with Crippen LogP contribution in [0.5, 0.6) is 5.75 Å². The largest absolute Gasteiger partial charge is 0.482 e. The molecule has 0 fully saturated rings. The zero-order chi connectivity index (χ0) is 18.9. The van der Waals surface area contributed by atoms with Gasteiger partial charge in [-0.15, -0.1) is 0 Å². The van der Waals surface area contributed by atoms with Crippen molar-refractivity contribution in [1.29, 1.82) is 0 Å². The number of ether oxygens (including phenoxy) is 2. The monoisotopic (exact) mass is 361 g/mol. The lowest BCUT2D eigenvalue weighted by molar-refractivity contribution is -0.149. The van der Waals surface area contributed by atoms with E-state index in [4.69, 9.17) is 9.47 Å². The molecule has 0 aliphatic heterocycles. The Morgan fingerprint density at radius 3 is 1.96 bits per heavy atom. The maximum Gasteiger partial charge on any atom is 0.344 e. The molecule has 0 aliphatic carbocycles. The van der Waals surface area contributed by atoms with Crippen molar-refractivity contribution in [2.45, 2.75) is 0 Å². The fraction of sp³-hybridized carbons (Fsp3) is 0.0909. The summed E-state index contributed by atoms with van der Waals surface area (Å²) < 4.78 is 10.2. The Morgan fingerprint density at radius 1 is 0.704 bits per heavy atom. The van der Waals surface area contributed by atoms with Crippen LogP contribution >= 0.6 is 0 Å². The molecule has 0 bridgehead atoms. The molecule has 0 spiro atoms. The number of carbonyl (C=O) groups is 2. The Kier molecular flexibility index (Phi) is 6.20. The van der Waals surface area contributed by atoms with E-state index in [-0.39, 0.29) is 13.2 Å². The third-order valence-corrected chi connectivity index (χ3v) is 3.74. The third-order valence-electron chi connectivity index (χ3n) is 3.74. The van der Waals surface area contributed by atoms with Crippen molar-refractivity contribution >= 4 is 17.6 Å². The second kappa shape index (κ2) is 9.20. The molecule has 1 amide bonds. The zero-order valence-corrected chi connectivity index (χ0v) is 14.6. The normalized spacial score (nSPS) is 10.1. The second-order valence-corrected chi connectivity index (χ2v) is 5.75. The van der Waals surface area contributed by atoms with Gasteiger partial charge in [0.15, 0.2) is 13.2 Å². The fourth-order valence-electron chi connectivity index (χ4n) is 2.42. The second-order valence-electron chi connectivity index (χ2n) is 5.75. The molecule has 3 aromatic carbocycles. The van der Waals surface area contributed by atoms with Gasteiger partial charge in [0.2, 0.25) is 0 Å². The van der Waals surface area contributed by atoms with E-state index < -0.39 is 11.9 Å². The average Bonchev–Trinajstić information content (AvgIpc) is 2.73. The average molecular weight is 361 g/mol. The van der Waals surface area contributed by atoms with E-state index in [9.17, 15) is 9.59 Å². The lowest BCUT2D eigenvalue weighted by Gasteiger charge is -2.08. The van der Waals surface area contributed by atoms with Crippen molar-refractivity contribution in [3.05, 3.63) is 84.9 Å². The molecule has 0 saturated carbocycles. The molecule has 0 aliphatic rings. The van der Waals surface area contributed by atoms with Gasteiger partial charge in [-0.2, -0.15) is 0 Å². The molecular weight excluding hydrogens is 342 g/mol. The smallest absolute Gasteiger partial charge is 0.344 e. The van der Waals surface area contributed by atoms with Gasteiger partial charge in [-0.05, 0) is 35.4 Å². The summed E-state index contributed by atoms with van der Waals surface area (Å²) in [5.74, 6) is -0.443. The van der Waals surface area contributed by atoms with Crippen molar-refractivity contribution in [2.75, 3.05) is 18.5 Å². The van der Waals surface area contributed by atoms with Crippen molar-refractivity contribution in [2.24, 2.45) is 0 Å². The Labute approximate surface area is 157 Å². The van der Waals surface area contributed by atoms with Crippen LogP contribution in [0.2, 0.25) is 0 Å². The topological polar surface area (TPSA) is 64.6 Å². The van der Waals surface area contributed by atoms with Crippen molar-refractivity contribution in [3.63, 3.8) is 0 Å². The summed E-state index contributed by atoms with van der Waals surface area (Å²) in [7, 11) is 0. The maximum absolute atomic E-state index is 11.9. The highest BCUT2D eigenvalue weighted by Crippen LogP contribution is 2.20. The van der Waals surface area contributed by atoms with Crippen molar-refractivity contribution in [3.8, 4) is 16.9 Å². The minimum Gasteiger partial charge on any atom is -0.482 e. The lowest BCUT2D eigenvalue weighted by atomic mass is 10.1. The molecule has 5 heteroatoms. The molecule has 0 radical (unpaired) electrons. The van der Waals surface area contributed by atoms with Crippen LogP contribution < -0.4 is 10.1 Å². The third kappa shape index (κ3) is 5.71. The Bertz CT molecular complexity index is 877. The number of rotatable bonds is 7. The van der Waals surface area contributed by atoms with Crippen molar-refractivity contribution in [1.82, 2.24) is 0 Å². The van der Waals surface area contributed by atoms with E-state index in [1.54, 1.807) is 36.4 Å². The Morgan fingerprint density at radius 2 is 1.30 bits per heavy atom. The van der Waals surface area contributed by atoms with E-state index in [2.05, 4.69) is 5.32 Å². The van der Waals surface area contributed by atoms with Gasteiger partial charge in [-0.25, -0.2) is 4.79 Å². The van der Waals surface area contributed by atoms with Crippen LogP contribution in [0, 0.1) is 0 Å². The van der Waals surface area contributed by atoms with Gasteiger partial charge in [0, 0.05) is 5.69 Å². The highest BCUT2D eigenvalue weighted by Gasteiger charge is 2.09. The summed E-state index contributed by atoms with van der Waals surface area (Å²) in [6.45, 7) is -0.611. The molecule has 3 aromatic rings. The Hall–Kier alpha value is -3.60. The lowest BCUT2D eigenvalue weighted by Crippen LogP contribution is -2.23. The molecule has 0 heterocycles. The van der Waals surface area contributed by atoms with Crippen LogP contribution in [-0.4, -0.2) is 25.1 Å². The SMILES string of the molecule is O=C(COC(=O)COc1ccccc1)Nc1ccc(-c2ccccc2)cc1. The van der Waals surface area contributed by atoms with Gasteiger partial charge in [0.05, 0.1) is 0 Å². The zero-order valence-electron chi connectivity index (χ0n) is 14.6. The number of amides is 1. The van der Waals surface area contributed by atoms with Gasteiger partial charge in [0.1, 0.15) is 5.75 Å². The molecule has 136 valence electrons. The van der Waals surface area contributed by atoms with Gasteiger partial charge >= 0.3 is 5.97 Å². The first-order valence-electron chi connectivity index (χ1n) is 8.49. The number of nitrogens with one attached hydrogen (secondary N) is 1. The van der Waals surface area contributed by atoms with Crippen molar-refractivity contribution < 1.29 is 19.1 Å². The molecule has 0 atom stereocenters. The number of para-hydroxylation sites is 1. The Balaban J connectivity index is 1.43. The molecule has 1 N–H and O–H groups in total. The summed E-state index contributed by atoms with van der Waals surface area (Å²) in [4.78, 5) is 23.6. The van der Waals surface area contributed by atoms with E-state index in [1.165, 1.54) is 0 Å². The predicted molar refractivity (Wildman–Crippen MR) is 103 cm³/mol. The van der Waals surface area contributed by atoms with Crippen LogP contribution in [0.1, 0.15) is 0 Å². The summed E-state index contributed by atoms with van der Waals surface area (Å²) in [5, 5.41) is 2.69. The number of hydrogen-bond donors (Lipinski definition) is 1. The molecule has 0 unspecified atom stereocenters. The van der Waals surface area contributed by atoms with Crippen LogP contribution in [0.4, 0.5) is 5.69 Å². The number of anilines is 1. The first kappa shape index (κ1) is 18.2. The van der Waals surface area contributed by atoms with E-state index >= 15 is 0 Å². The molecule has 5 nitrogen and oxygen atoms in total. The number of benzene rings is 3. The predicted octanol–water partition coefficient (Wildman–Crippen LogP) is 3.91. The molecule has 27 heavy (non-hydrogen) atoms. The van der Waals surface area contributed by atoms with Gasteiger partial charge in [-0.1, -0.05) is 60.7 Å². The van der Waals surface area contributed by atoms with Gasteiger partial charge in [-0.3, -0.25) is 4.79 Å². The van der Waals surface area contributed by atoms with Crippen LogP contribution in [-0.2, 0) is 14.3 Å². The molecular formula is C22H19NO4. The summed E-state index contributed by atoms with van der Waals surface area (Å²) in [5.41, 5.74) is 2.79. The standard InChI is InChI=1S/C22H19NO4/c24-21(15-27-22(25)16-26-20-9-5-2-6-10-20)23-19-13-11-18(12-14-19)17-7-3-1-4-8-17/h1-14H,15-16H2,(H,23,24). The van der Waals surface area contributed by atoms with Crippen LogP contribution in [0.15, 0.2) is 84.9 Å². The van der Waals surface area contributed by atoms with Crippen LogP contribution in [0.25, 0.3) is 11.1 Å². The summed E-state index contributed by atoms with van der Waals surface area (Å²) in [6, 6.07) is 26.3. The highest BCUT2D eigenvalue weighted by atomic mass is 16.6. The van der Waals surface area contributed by atoms with E-state index in [0.29, 0.717) is 11.4 Å². The molecule has 3 rings (SSSR count). The number of esters is 1. The maximum atomic E-state index is 11.9. The summed E-state index contributed by atoms with van der Waals surface area (Å²) in [6.07, 6.45) is 0. The number of hydrogen-bond acceptors (Lipinski definition) is 4. The fourth-order valence-corrected chi connectivity index (χ4v) is 2.42. The molecule has 0 aromatic heterocycles. The van der Waals surface area contributed by atoms with Gasteiger partial charge in [0.25, 0.3) is 5.91 Å². The quantitative estimate of drug-likeness (QED) is 0.648. The van der Waals surface area contributed by atoms with E-state index in [1.807, 2.05) is 48.5 Å². The van der Waals surface area contributed by atoms with Crippen LogP contribution in [0.3, 0.4) is 0 Å². The molecule has 0 saturated heterocycles.